The molecule has 1 fully saturated rings. The first-order valence-corrected chi connectivity index (χ1v) is 10.6. The van der Waals surface area contributed by atoms with E-state index >= 15 is 4.39 Å². The molecule has 0 unspecified atom stereocenters. The van der Waals surface area contributed by atoms with Crippen LogP contribution >= 0.6 is 0 Å². The Bertz CT molecular complexity index is 1110. The number of aliphatic hydroxyl groups excluding tert-OH is 2. The number of halogens is 1. The first-order valence-electron chi connectivity index (χ1n) is 10.6. The number of fused-ring (bicyclic) bond motifs is 1. The molecule has 0 spiro atoms. The minimum atomic E-state index is -1.16. The Kier molecular flexibility index (Phi) is 6.78. The fourth-order valence-corrected chi connectivity index (χ4v) is 3.91. The number of anilines is 1. The molecule has 3 N–H and O–H groups in total. The van der Waals surface area contributed by atoms with Crippen LogP contribution in [-0.4, -0.2) is 55.2 Å². The van der Waals surface area contributed by atoms with Crippen LogP contribution in [0.2, 0.25) is 0 Å². The van der Waals surface area contributed by atoms with Gasteiger partial charge >= 0.3 is 0 Å². The van der Waals surface area contributed by atoms with Crippen LogP contribution in [-0.2, 0) is 0 Å². The van der Waals surface area contributed by atoms with Gasteiger partial charge in [-0.15, -0.1) is 0 Å². The van der Waals surface area contributed by atoms with Gasteiger partial charge in [0.1, 0.15) is 12.7 Å². The molecule has 32 heavy (non-hydrogen) atoms. The monoisotopic (exact) mass is 440 g/mol. The van der Waals surface area contributed by atoms with Gasteiger partial charge in [-0.2, -0.15) is 19.7 Å². The normalized spacial score (nSPS) is 19.4. The summed E-state index contributed by atoms with van der Waals surface area (Å²) in [5.74, 6) is -0.432. The summed E-state index contributed by atoms with van der Waals surface area (Å²) in [6.07, 6.45) is 6.18. The molecule has 1 atom stereocenters. The van der Waals surface area contributed by atoms with E-state index in [2.05, 4.69) is 26.5 Å². The van der Waals surface area contributed by atoms with Crippen molar-refractivity contribution in [2.24, 2.45) is 5.92 Å². The average Bonchev–Trinajstić information content (AvgIpc) is 3.25. The number of nitriles is 1. The lowest BCUT2D eigenvalue weighted by Gasteiger charge is -2.28. The Hall–Kier alpha value is -3.29. The summed E-state index contributed by atoms with van der Waals surface area (Å²) >= 11 is 0. The predicted octanol–water partition coefficient (Wildman–Crippen LogP) is 2.55. The van der Waals surface area contributed by atoms with Crippen LogP contribution in [0.15, 0.2) is 30.6 Å². The molecule has 0 aliphatic heterocycles. The van der Waals surface area contributed by atoms with Crippen molar-refractivity contribution in [1.82, 2.24) is 19.6 Å². The Labute approximate surface area is 184 Å². The minimum Gasteiger partial charge on any atom is -0.473 e. The van der Waals surface area contributed by atoms with Crippen molar-refractivity contribution < 1.29 is 19.3 Å². The fraction of sp³-hybridized carbons (Fsp3) is 0.455. The molecule has 10 heteroatoms. The highest BCUT2D eigenvalue weighted by Gasteiger charge is 2.25. The maximum absolute atomic E-state index is 15.2. The molecule has 3 aromatic rings. The second kappa shape index (κ2) is 9.89. The van der Waals surface area contributed by atoms with Gasteiger partial charge in [0, 0.05) is 18.7 Å². The first kappa shape index (κ1) is 21.9. The maximum Gasteiger partial charge on any atom is 0.256 e. The molecule has 0 saturated heterocycles. The summed E-state index contributed by atoms with van der Waals surface area (Å²) in [6.45, 7) is -0.817. The third kappa shape index (κ3) is 4.79. The molecular formula is C22H25FN6O3. The van der Waals surface area contributed by atoms with Gasteiger partial charge in [-0.1, -0.05) is 6.07 Å². The number of hydrogen-bond acceptors (Lipinski definition) is 8. The molecule has 0 radical (unpaired) electrons. The zero-order valence-electron chi connectivity index (χ0n) is 17.5. The standard InChI is InChI=1S/C22H25FN6O3/c23-19-21(26-15-6-4-14(5-7-15)8-9-24)27-20(28-22(19)32-13-16(31)12-30)17-11-25-29-10-2-1-3-18(17)29/h1-3,10-11,14-16,30-31H,4-8,12-13H2,(H,26,27,28)/t14?,15?,16-/m1/s1. The van der Waals surface area contributed by atoms with Gasteiger partial charge in [0.05, 0.1) is 30.0 Å². The summed E-state index contributed by atoms with van der Waals surface area (Å²) in [6, 6.07) is 7.79. The molecule has 0 bridgehead atoms. The van der Waals surface area contributed by atoms with Crippen LogP contribution < -0.4 is 10.1 Å². The zero-order chi connectivity index (χ0) is 22.5. The van der Waals surface area contributed by atoms with Crippen LogP contribution in [0.3, 0.4) is 0 Å². The lowest BCUT2D eigenvalue weighted by molar-refractivity contribution is 0.0507. The van der Waals surface area contributed by atoms with Crippen molar-refractivity contribution in [1.29, 1.82) is 5.26 Å². The lowest BCUT2D eigenvalue weighted by Crippen LogP contribution is -2.27. The number of ether oxygens (including phenoxy) is 1. The van der Waals surface area contributed by atoms with E-state index < -0.39 is 18.5 Å². The number of pyridine rings is 1. The Morgan fingerprint density at radius 2 is 2.09 bits per heavy atom. The van der Waals surface area contributed by atoms with Crippen LogP contribution in [0, 0.1) is 23.1 Å². The van der Waals surface area contributed by atoms with Crippen LogP contribution in [0.4, 0.5) is 10.2 Å². The van der Waals surface area contributed by atoms with Gasteiger partial charge in [0.2, 0.25) is 5.82 Å². The molecule has 168 valence electrons. The van der Waals surface area contributed by atoms with Crippen molar-refractivity contribution in [2.75, 3.05) is 18.5 Å². The molecule has 4 rings (SSSR count). The van der Waals surface area contributed by atoms with Gasteiger partial charge in [-0.05, 0) is 43.7 Å². The van der Waals surface area contributed by atoms with Crippen LogP contribution in [0.1, 0.15) is 32.1 Å². The third-order valence-corrected chi connectivity index (χ3v) is 5.68. The smallest absolute Gasteiger partial charge is 0.256 e. The maximum atomic E-state index is 15.2. The lowest BCUT2D eigenvalue weighted by atomic mass is 9.84. The molecule has 1 aliphatic rings. The van der Waals surface area contributed by atoms with Gasteiger partial charge in [0.25, 0.3) is 5.88 Å². The summed E-state index contributed by atoms with van der Waals surface area (Å²) in [5, 5.41) is 35.0. The van der Waals surface area contributed by atoms with Crippen molar-refractivity contribution in [3.63, 3.8) is 0 Å². The van der Waals surface area contributed by atoms with E-state index in [1.54, 1.807) is 16.9 Å². The van der Waals surface area contributed by atoms with E-state index in [4.69, 9.17) is 15.1 Å². The van der Waals surface area contributed by atoms with E-state index in [-0.39, 0.29) is 30.2 Å². The molecule has 3 aromatic heterocycles. The Balaban J connectivity index is 1.64. The summed E-state index contributed by atoms with van der Waals surface area (Å²) in [7, 11) is 0. The molecule has 0 amide bonds. The Morgan fingerprint density at radius 1 is 1.28 bits per heavy atom. The van der Waals surface area contributed by atoms with E-state index in [0.717, 1.165) is 31.2 Å². The van der Waals surface area contributed by atoms with Gasteiger partial charge < -0.3 is 20.3 Å². The summed E-state index contributed by atoms with van der Waals surface area (Å²) in [4.78, 5) is 8.66. The van der Waals surface area contributed by atoms with E-state index in [9.17, 15) is 5.11 Å². The van der Waals surface area contributed by atoms with Gasteiger partial charge in [0.15, 0.2) is 11.6 Å². The first-order chi connectivity index (χ1) is 15.6. The van der Waals surface area contributed by atoms with E-state index in [1.165, 1.54) is 0 Å². The highest BCUT2D eigenvalue weighted by atomic mass is 19.1. The molecule has 3 heterocycles. The number of rotatable bonds is 8. The predicted molar refractivity (Wildman–Crippen MR) is 114 cm³/mol. The molecule has 0 aromatic carbocycles. The summed E-state index contributed by atoms with van der Waals surface area (Å²) in [5.41, 5.74) is 1.36. The number of nitrogens with zero attached hydrogens (tertiary/aromatic N) is 5. The third-order valence-electron chi connectivity index (χ3n) is 5.68. The van der Waals surface area contributed by atoms with Crippen molar-refractivity contribution in [3.05, 3.63) is 36.4 Å². The average molecular weight is 440 g/mol. The zero-order valence-corrected chi connectivity index (χ0v) is 17.5. The second-order valence-corrected chi connectivity index (χ2v) is 7.98. The number of hydrogen-bond donors (Lipinski definition) is 3. The second-order valence-electron chi connectivity index (χ2n) is 7.98. The van der Waals surface area contributed by atoms with E-state index in [1.807, 2.05) is 18.2 Å². The molecule has 1 aliphatic carbocycles. The fourth-order valence-electron chi connectivity index (χ4n) is 3.91. The minimum absolute atomic E-state index is 0.0157. The quantitative estimate of drug-likeness (QED) is 0.487. The summed E-state index contributed by atoms with van der Waals surface area (Å²) < 4.78 is 22.2. The molecular weight excluding hydrogens is 415 g/mol. The molecule has 9 nitrogen and oxygen atoms in total. The van der Waals surface area contributed by atoms with Crippen molar-refractivity contribution >= 4 is 11.3 Å². The number of nitrogens with one attached hydrogen (secondary N) is 1. The van der Waals surface area contributed by atoms with Gasteiger partial charge in [-0.3, -0.25) is 0 Å². The Morgan fingerprint density at radius 3 is 2.84 bits per heavy atom. The highest BCUT2D eigenvalue weighted by Crippen LogP contribution is 2.32. The number of aliphatic hydroxyl groups is 2. The largest absolute Gasteiger partial charge is 0.473 e. The SMILES string of the molecule is N#CCC1CCC(Nc2nc(-c3cnn4ccccc34)nc(OC[C@H](O)CO)c2F)CC1. The highest BCUT2D eigenvalue weighted by molar-refractivity contribution is 5.76. The van der Waals surface area contributed by atoms with Crippen molar-refractivity contribution in [2.45, 2.75) is 44.2 Å². The van der Waals surface area contributed by atoms with Crippen LogP contribution in [0.25, 0.3) is 16.9 Å². The number of aromatic nitrogens is 4. The van der Waals surface area contributed by atoms with E-state index in [0.29, 0.717) is 17.9 Å². The van der Waals surface area contributed by atoms with Gasteiger partial charge in [-0.25, -0.2) is 9.50 Å². The molecule has 1 saturated carbocycles. The topological polar surface area (TPSA) is 129 Å². The van der Waals surface area contributed by atoms with Crippen molar-refractivity contribution in [3.8, 4) is 23.3 Å². The van der Waals surface area contributed by atoms with Crippen LogP contribution in [0.5, 0.6) is 5.88 Å².